The number of aryl methyl sites for hydroxylation is 1. The molecule has 22 heavy (non-hydrogen) atoms. The fraction of sp³-hybridized carbons (Fsp3) is 0.176. The summed E-state index contributed by atoms with van der Waals surface area (Å²) in [5, 5.41) is 14.4. The van der Waals surface area contributed by atoms with Gasteiger partial charge >= 0.3 is 12.0 Å². The maximum Gasteiger partial charge on any atom is 0.326 e. The molecule has 0 aliphatic rings. The number of hydrogen-bond donors (Lipinski definition) is 3. The third-order valence-electron chi connectivity index (χ3n) is 3.16. The zero-order valence-corrected chi connectivity index (χ0v) is 12.2. The molecule has 0 saturated carbocycles. The van der Waals surface area contributed by atoms with Gasteiger partial charge in [-0.3, -0.25) is 0 Å². The van der Waals surface area contributed by atoms with Crippen LogP contribution in [0.5, 0.6) is 0 Å². The van der Waals surface area contributed by atoms with E-state index < -0.39 is 18.0 Å². The maximum absolute atomic E-state index is 11.9. The van der Waals surface area contributed by atoms with Crippen LogP contribution in [0.2, 0.25) is 0 Å². The van der Waals surface area contributed by atoms with Gasteiger partial charge in [0.2, 0.25) is 0 Å². The second-order valence-corrected chi connectivity index (χ2v) is 5.05. The first-order valence-corrected chi connectivity index (χ1v) is 6.95. The summed E-state index contributed by atoms with van der Waals surface area (Å²) in [5.74, 6) is -1.07. The number of rotatable bonds is 5. The van der Waals surface area contributed by atoms with Gasteiger partial charge in [0.25, 0.3) is 0 Å². The van der Waals surface area contributed by atoms with E-state index in [2.05, 4.69) is 10.6 Å². The second-order valence-electron chi connectivity index (χ2n) is 5.05. The van der Waals surface area contributed by atoms with Crippen molar-refractivity contribution in [3.05, 3.63) is 65.7 Å². The lowest BCUT2D eigenvalue weighted by Crippen LogP contribution is -2.44. The van der Waals surface area contributed by atoms with Gasteiger partial charge in [-0.05, 0) is 30.2 Å². The number of hydrogen-bond acceptors (Lipinski definition) is 2. The maximum atomic E-state index is 11.9. The van der Waals surface area contributed by atoms with Crippen molar-refractivity contribution in [2.45, 2.75) is 19.4 Å². The Morgan fingerprint density at radius 2 is 1.82 bits per heavy atom. The smallest absolute Gasteiger partial charge is 0.326 e. The molecular weight excluding hydrogens is 280 g/mol. The minimum Gasteiger partial charge on any atom is -0.480 e. The molecule has 0 radical (unpaired) electrons. The summed E-state index contributed by atoms with van der Waals surface area (Å²) < 4.78 is 0. The quantitative estimate of drug-likeness (QED) is 0.794. The molecule has 0 bridgehead atoms. The Morgan fingerprint density at radius 3 is 2.45 bits per heavy atom. The van der Waals surface area contributed by atoms with Crippen molar-refractivity contribution in [3.63, 3.8) is 0 Å². The predicted octanol–water partition coefficient (Wildman–Crippen LogP) is 2.81. The minimum absolute atomic E-state index is 0.234. The number of amides is 2. The second kappa shape index (κ2) is 7.26. The van der Waals surface area contributed by atoms with E-state index in [1.165, 1.54) is 0 Å². The monoisotopic (exact) mass is 298 g/mol. The summed E-state index contributed by atoms with van der Waals surface area (Å²) in [6.07, 6.45) is 0.234. The van der Waals surface area contributed by atoms with Crippen molar-refractivity contribution in [1.82, 2.24) is 5.32 Å². The molecule has 2 aromatic rings. The molecule has 5 nitrogen and oxygen atoms in total. The van der Waals surface area contributed by atoms with Gasteiger partial charge < -0.3 is 15.7 Å². The van der Waals surface area contributed by atoms with Crippen LogP contribution in [0.3, 0.4) is 0 Å². The van der Waals surface area contributed by atoms with Crippen LogP contribution in [0.1, 0.15) is 11.1 Å². The highest BCUT2D eigenvalue weighted by molar-refractivity contribution is 5.92. The van der Waals surface area contributed by atoms with Crippen LogP contribution >= 0.6 is 0 Å². The average Bonchev–Trinajstić information content (AvgIpc) is 2.47. The van der Waals surface area contributed by atoms with Crippen molar-refractivity contribution in [2.24, 2.45) is 0 Å². The van der Waals surface area contributed by atoms with Crippen molar-refractivity contribution >= 4 is 17.7 Å². The van der Waals surface area contributed by atoms with E-state index in [0.717, 1.165) is 11.1 Å². The van der Waals surface area contributed by atoms with Crippen molar-refractivity contribution in [2.75, 3.05) is 5.32 Å². The van der Waals surface area contributed by atoms with Crippen LogP contribution in [0, 0.1) is 6.92 Å². The number of carbonyl (C=O) groups is 2. The third kappa shape index (κ3) is 4.63. The minimum atomic E-state index is -1.07. The van der Waals surface area contributed by atoms with E-state index >= 15 is 0 Å². The van der Waals surface area contributed by atoms with Crippen molar-refractivity contribution < 1.29 is 14.7 Å². The van der Waals surface area contributed by atoms with Gasteiger partial charge in [-0.2, -0.15) is 0 Å². The lowest BCUT2D eigenvalue weighted by Gasteiger charge is -2.15. The normalized spacial score (nSPS) is 11.5. The van der Waals surface area contributed by atoms with Crippen LogP contribution in [-0.4, -0.2) is 23.1 Å². The Labute approximate surface area is 129 Å². The molecule has 2 amide bonds. The first kappa shape index (κ1) is 15.6. The Hall–Kier alpha value is -2.82. The van der Waals surface area contributed by atoms with E-state index in [1.54, 1.807) is 6.07 Å². The van der Waals surface area contributed by atoms with Gasteiger partial charge in [-0.25, -0.2) is 9.59 Å². The van der Waals surface area contributed by atoms with Crippen molar-refractivity contribution in [3.8, 4) is 0 Å². The molecule has 3 N–H and O–H groups in total. The third-order valence-corrected chi connectivity index (χ3v) is 3.16. The van der Waals surface area contributed by atoms with Gasteiger partial charge in [-0.1, -0.05) is 42.5 Å². The van der Waals surface area contributed by atoms with E-state index in [1.807, 2.05) is 55.5 Å². The molecule has 0 fully saturated rings. The zero-order valence-electron chi connectivity index (χ0n) is 12.2. The van der Waals surface area contributed by atoms with Crippen LogP contribution in [0.15, 0.2) is 54.6 Å². The molecule has 0 aliphatic carbocycles. The van der Waals surface area contributed by atoms with Crippen molar-refractivity contribution in [1.29, 1.82) is 0 Å². The van der Waals surface area contributed by atoms with Gasteiger partial charge in [0.05, 0.1) is 0 Å². The summed E-state index contributed by atoms with van der Waals surface area (Å²) in [5.41, 5.74) is 2.49. The van der Waals surface area contributed by atoms with E-state index in [-0.39, 0.29) is 6.42 Å². The lowest BCUT2D eigenvalue weighted by atomic mass is 10.1. The molecule has 0 aromatic heterocycles. The standard InChI is InChI=1S/C17H18N2O3/c1-12-6-5-9-14(10-12)18-17(22)19-15(16(20)21)11-13-7-3-2-4-8-13/h2-10,15H,11H2,1H3,(H,20,21)(H2,18,19,22). The summed E-state index contributed by atoms with van der Waals surface area (Å²) in [4.78, 5) is 23.2. The number of aliphatic carboxylic acids is 1. The zero-order chi connectivity index (χ0) is 15.9. The van der Waals surface area contributed by atoms with Crippen LogP contribution in [-0.2, 0) is 11.2 Å². The number of carboxylic acid groups (broad SMARTS) is 1. The van der Waals surface area contributed by atoms with E-state index in [9.17, 15) is 14.7 Å². The molecule has 0 heterocycles. The first-order valence-electron chi connectivity index (χ1n) is 6.95. The van der Waals surface area contributed by atoms with Gasteiger partial charge in [0, 0.05) is 12.1 Å². The number of carbonyl (C=O) groups excluding carboxylic acids is 1. The largest absolute Gasteiger partial charge is 0.480 e. The van der Waals surface area contributed by atoms with Gasteiger partial charge in [0.15, 0.2) is 0 Å². The summed E-state index contributed by atoms with van der Waals surface area (Å²) in [7, 11) is 0. The Balaban J connectivity index is 1.98. The van der Waals surface area contributed by atoms with Crippen LogP contribution in [0.4, 0.5) is 10.5 Å². The highest BCUT2D eigenvalue weighted by Gasteiger charge is 2.20. The molecule has 2 rings (SSSR count). The van der Waals surface area contributed by atoms with E-state index in [0.29, 0.717) is 5.69 Å². The Morgan fingerprint density at radius 1 is 1.09 bits per heavy atom. The molecule has 0 saturated heterocycles. The first-order chi connectivity index (χ1) is 10.5. The molecule has 114 valence electrons. The SMILES string of the molecule is Cc1cccc(NC(=O)NC(Cc2ccccc2)C(=O)O)c1. The van der Waals surface area contributed by atoms with E-state index in [4.69, 9.17) is 0 Å². The van der Waals surface area contributed by atoms with Crippen LogP contribution < -0.4 is 10.6 Å². The molecular formula is C17H18N2O3. The summed E-state index contributed by atoms with van der Waals surface area (Å²) in [6, 6.07) is 15.0. The number of urea groups is 1. The molecule has 1 unspecified atom stereocenters. The number of carboxylic acids is 1. The topological polar surface area (TPSA) is 78.4 Å². The summed E-state index contributed by atoms with van der Waals surface area (Å²) >= 11 is 0. The van der Waals surface area contributed by atoms with Crippen LogP contribution in [0.25, 0.3) is 0 Å². The fourth-order valence-corrected chi connectivity index (χ4v) is 2.10. The van der Waals surface area contributed by atoms with Gasteiger partial charge in [-0.15, -0.1) is 0 Å². The molecule has 0 aliphatic heterocycles. The number of benzene rings is 2. The molecule has 1 atom stereocenters. The lowest BCUT2D eigenvalue weighted by molar-refractivity contribution is -0.139. The van der Waals surface area contributed by atoms with Gasteiger partial charge in [0.1, 0.15) is 6.04 Å². The number of nitrogens with one attached hydrogen (secondary N) is 2. The molecule has 2 aromatic carbocycles. The number of anilines is 1. The predicted molar refractivity (Wildman–Crippen MR) is 84.9 cm³/mol. The highest BCUT2D eigenvalue weighted by atomic mass is 16.4. The molecule has 0 spiro atoms. The highest BCUT2D eigenvalue weighted by Crippen LogP contribution is 2.09. The fourth-order valence-electron chi connectivity index (χ4n) is 2.10. The Kier molecular flexibility index (Phi) is 5.14. The summed E-state index contributed by atoms with van der Waals surface area (Å²) in [6.45, 7) is 1.92. The molecule has 5 heteroatoms. The Bertz CT molecular complexity index is 656. The average molecular weight is 298 g/mol.